The molecule has 3 heterocycles. The second-order valence-corrected chi connectivity index (χ2v) is 7.59. The van der Waals surface area contributed by atoms with Gasteiger partial charge in [0.25, 0.3) is 0 Å². The number of nitriles is 1. The van der Waals surface area contributed by atoms with Crippen molar-refractivity contribution in [3.05, 3.63) is 51.3 Å². The Morgan fingerprint density at radius 1 is 1.57 bits per heavy atom. The number of thiophene rings is 1. The van der Waals surface area contributed by atoms with Crippen molar-refractivity contribution in [2.75, 3.05) is 18.4 Å². The van der Waals surface area contributed by atoms with Crippen LogP contribution in [0.15, 0.2) is 24.5 Å². The van der Waals surface area contributed by atoms with Gasteiger partial charge in [0.05, 0.1) is 18.0 Å². The number of aryl methyl sites for hydroxylation is 1. The summed E-state index contributed by atoms with van der Waals surface area (Å²) in [5.74, 6) is -1.25. The van der Waals surface area contributed by atoms with Gasteiger partial charge in [0.15, 0.2) is 1.41 Å². The molecule has 5 nitrogen and oxygen atoms in total. The Hall–Kier alpha value is -2.27. The molecule has 2 aromatic heterocycles. The van der Waals surface area contributed by atoms with Gasteiger partial charge < -0.3 is 5.31 Å². The van der Waals surface area contributed by atoms with Crippen LogP contribution < -0.4 is 5.31 Å². The minimum Gasteiger partial charge on any atom is -0.367 e. The summed E-state index contributed by atoms with van der Waals surface area (Å²) in [4.78, 5) is 8.86. The maximum Gasteiger partial charge on any atom is 0.162 e. The SMILES string of the molecule is [2H]c1nc(N([2H])C2([2H])C([2H])([2H])CN(C([2H])c3cc(C)c(F)c(C#N)c3)CC2([2H])[2H])c2c([2H])c(Cl)sc2n1. The van der Waals surface area contributed by atoms with E-state index in [0.717, 1.165) is 22.3 Å². The van der Waals surface area contributed by atoms with Gasteiger partial charge in [0.1, 0.15) is 30.2 Å². The van der Waals surface area contributed by atoms with E-state index < -0.39 is 56.3 Å². The lowest BCUT2D eigenvalue weighted by molar-refractivity contribution is 0.211. The molecule has 1 unspecified atom stereocenters. The highest BCUT2D eigenvalue weighted by molar-refractivity contribution is 7.22. The Labute approximate surface area is 184 Å². The number of halogens is 2. The average molecular weight is 425 g/mol. The second-order valence-electron chi connectivity index (χ2n) is 5.99. The molecule has 1 fully saturated rings. The van der Waals surface area contributed by atoms with Gasteiger partial charge in [-0.2, -0.15) is 5.26 Å². The molecular formula is C20H19ClFN5S. The third kappa shape index (κ3) is 3.95. The van der Waals surface area contributed by atoms with Crippen molar-refractivity contribution in [3.8, 4) is 6.07 Å². The lowest BCUT2D eigenvalue weighted by Crippen LogP contribution is -2.38. The fraction of sp³-hybridized carbons (Fsp3) is 0.350. The first-order chi connectivity index (χ1) is 17.1. The zero-order valence-electron chi connectivity index (χ0n) is 23.5. The number of fused-ring (bicyclic) bond motifs is 1. The molecule has 0 aliphatic carbocycles. The first kappa shape index (κ1) is 11.1. The van der Waals surface area contributed by atoms with Crippen molar-refractivity contribution in [1.29, 1.82) is 5.26 Å². The molecule has 1 aliphatic heterocycles. The summed E-state index contributed by atoms with van der Waals surface area (Å²) in [6.45, 7) is -1.33. The van der Waals surface area contributed by atoms with Crippen LogP contribution in [0.5, 0.6) is 0 Å². The van der Waals surface area contributed by atoms with Gasteiger partial charge in [-0.25, -0.2) is 14.4 Å². The van der Waals surface area contributed by atoms with E-state index in [1.807, 2.05) is 0 Å². The second kappa shape index (κ2) is 8.00. The maximum absolute atomic E-state index is 14.1. The van der Waals surface area contributed by atoms with Gasteiger partial charge in [-0.05, 0) is 42.9 Å². The largest absolute Gasteiger partial charge is 0.367 e. The predicted molar refractivity (Wildman–Crippen MR) is 110 cm³/mol. The van der Waals surface area contributed by atoms with Crippen LogP contribution >= 0.6 is 22.9 Å². The number of hydrogen-bond donors (Lipinski definition) is 1. The third-order valence-electron chi connectivity index (χ3n) is 4.00. The fourth-order valence-corrected chi connectivity index (χ4v) is 3.68. The topological polar surface area (TPSA) is 64.8 Å². The van der Waals surface area contributed by atoms with E-state index in [1.54, 1.807) is 6.07 Å². The molecule has 0 amide bonds. The maximum atomic E-state index is 14.1. The Morgan fingerprint density at radius 3 is 3.11 bits per heavy atom. The Morgan fingerprint density at radius 2 is 2.36 bits per heavy atom. The summed E-state index contributed by atoms with van der Waals surface area (Å²) in [6.07, 6.45) is -6.18. The molecule has 1 aromatic carbocycles. The molecule has 1 aliphatic rings. The van der Waals surface area contributed by atoms with E-state index >= 15 is 0 Å². The molecule has 1 saturated heterocycles. The van der Waals surface area contributed by atoms with Gasteiger partial charge in [-0.15, -0.1) is 11.3 Å². The molecular weight excluding hydrogens is 397 g/mol. The summed E-state index contributed by atoms with van der Waals surface area (Å²) in [6, 6.07) is 0.936. The number of aromatic nitrogens is 2. The van der Waals surface area contributed by atoms with Crippen molar-refractivity contribution in [2.45, 2.75) is 32.2 Å². The first-order valence-electron chi connectivity index (χ1n) is 12.7. The Balaban J connectivity index is 1.77. The normalized spacial score (nSPS) is 26.1. The van der Waals surface area contributed by atoms with Crippen LogP contribution in [0.4, 0.5) is 10.2 Å². The molecule has 8 heteroatoms. The van der Waals surface area contributed by atoms with E-state index in [9.17, 15) is 9.65 Å². The van der Waals surface area contributed by atoms with E-state index in [0.29, 0.717) is 0 Å². The van der Waals surface area contributed by atoms with E-state index in [4.69, 9.17) is 24.0 Å². The van der Waals surface area contributed by atoms with Crippen LogP contribution in [-0.2, 0) is 6.52 Å². The summed E-state index contributed by atoms with van der Waals surface area (Å²) in [7, 11) is 0. The Bertz CT molecular complexity index is 1430. The Kier molecular flexibility index (Phi) is 3.16. The van der Waals surface area contributed by atoms with Crippen LogP contribution in [0.2, 0.25) is 5.75 Å². The molecule has 0 bridgehead atoms. The number of rotatable bonds is 4. The molecule has 0 radical (unpaired) electrons. The molecule has 0 spiro atoms. The molecule has 144 valence electrons. The smallest absolute Gasteiger partial charge is 0.162 e. The first-order valence-corrected chi connectivity index (χ1v) is 9.34. The van der Waals surface area contributed by atoms with Gasteiger partial charge in [-0.1, -0.05) is 17.7 Å². The van der Waals surface area contributed by atoms with Crippen LogP contribution in [-0.4, -0.2) is 34.0 Å². The standard InChI is InChI=1S/C20H19ClFN5S/c1-12-6-13(7-14(9-23)18(12)22)10-27-4-2-15(3-5-27)26-19-16-8-17(21)28-20(16)25-11-24-19/h6-8,11,15H,2-5,10H2,1H3,(H,24,25,26)/i2D2,3D2,8D,10D,11D,15D/hD. The van der Waals surface area contributed by atoms with Crippen LogP contribution in [0.25, 0.3) is 10.2 Å². The third-order valence-corrected chi connectivity index (χ3v) is 5.10. The van der Waals surface area contributed by atoms with Gasteiger partial charge in [0.2, 0.25) is 0 Å². The van der Waals surface area contributed by atoms with Crippen molar-refractivity contribution in [3.63, 3.8) is 0 Å². The highest BCUT2D eigenvalue weighted by Crippen LogP contribution is 2.32. The van der Waals surface area contributed by atoms with Crippen molar-refractivity contribution >= 4 is 39.0 Å². The molecule has 3 aromatic rings. The number of piperidine rings is 1. The fourth-order valence-electron chi connectivity index (χ4n) is 2.71. The van der Waals surface area contributed by atoms with Crippen LogP contribution in [0.3, 0.4) is 0 Å². The number of anilines is 1. The minimum atomic E-state index is -2.94. The molecule has 28 heavy (non-hydrogen) atoms. The van der Waals surface area contributed by atoms with E-state index in [-0.39, 0.29) is 42.6 Å². The summed E-state index contributed by atoms with van der Waals surface area (Å²) < 4.78 is 91.0. The molecule has 1 N–H and O–H groups in total. The zero-order chi connectivity index (χ0) is 27.7. The van der Waals surface area contributed by atoms with Crippen LogP contribution in [0, 0.1) is 24.1 Å². The van der Waals surface area contributed by atoms with Gasteiger partial charge in [0, 0.05) is 32.5 Å². The number of likely N-dealkylation sites (tertiary alicyclic amines) is 1. The minimum absolute atomic E-state index is 0.0206. The van der Waals surface area contributed by atoms with Gasteiger partial charge in [-0.3, -0.25) is 4.90 Å². The quantitative estimate of drug-likeness (QED) is 0.655. The van der Waals surface area contributed by atoms with E-state index in [1.165, 1.54) is 13.0 Å². The number of nitrogens with zero attached hydrogens (tertiary/aromatic N) is 4. The number of benzene rings is 1. The summed E-state index contributed by atoms with van der Waals surface area (Å²) >= 11 is 6.87. The molecule has 0 saturated carbocycles. The lowest BCUT2D eigenvalue weighted by atomic mass is 10.0. The van der Waals surface area contributed by atoms with Crippen molar-refractivity contribution < 1.29 is 16.8 Å². The molecule has 1 atom stereocenters. The van der Waals surface area contributed by atoms with Crippen molar-refractivity contribution in [1.82, 2.24) is 14.9 Å². The number of nitrogens with one attached hydrogen (secondary N) is 1. The van der Waals surface area contributed by atoms with Crippen molar-refractivity contribution in [2.24, 2.45) is 0 Å². The highest BCUT2D eigenvalue weighted by Gasteiger charge is 2.21. The highest BCUT2D eigenvalue weighted by atomic mass is 35.5. The lowest BCUT2D eigenvalue weighted by Gasteiger charge is -2.32. The van der Waals surface area contributed by atoms with Crippen LogP contribution in [0.1, 0.15) is 40.4 Å². The zero-order valence-corrected chi connectivity index (χ0v) is 16.1. The summed E-state index contributed by atoms with van der Waals surface area (Å²) in [5, 5.41) is 9.32. The number of hydrogen-bond acceptors (Lipinski definition) is 6. The monoisotopic (exact) mass is 424 g/mol. The predicted octanol–water partition coefficient (Wildman–Crippen LogP) is 4.74. The van der Waals surface area contributed by atoms with E-state index in [2.05, 4.69) is 9.97 Å². The van der Waals surface area contributed by atoms with Gasteiger partial charge >= 0.3 is 0 Å². The molecule has 4 rings (SSSR count). The average Bonchev–Trinajstić information content (AvgIpc) is 3.09. The summed E-state index contributed by atoms with van der Waals surface area (Å²) in [5.41, 5.74) is -0.0615.